The fourth-order valence-electron chi connectivity index (χ4n) is 1.34. The van der Waals surface area contributed by atoms with E-state index >= 15 is 0 Å². The van der Waals surface area contributed by atoms with Crippen LogP contribution in [-0.4, -0.2) is 14.8 Å². The van der Waals surface area contributed by atoms with Crippen molar-refractivity contribution in [1.29, 1.82) is 5.26 Å². The van der Waals surface area contributed by atoms with E-state index in [2.05, 4.69) is 10.2 Å². The summed E-state index contributed by atoms with van der Waals surface area (Å²) in [4.78, 5) is 11.3. The number of benzene rings is 1. The number of H-pyrrole nitrogens is 2. The Morgan fingerprint density at radius 3 is 2.50 bits per heavy atom. The molecule has 6 heteroatoms. The molecule has 1 aromatic heterocycles. The van der Waals surface area contributed by atoms with Gasteiger partial charge in [-0.25, -0.2) is 9.89 Å². The van der Waals surface area contributed by atoms with Gasteiger partial charge in [-0.2, -0.15) is 5.26 Å². The van der Waals surface area contributed by atoms with Gasteiger partial charge in [0, 0.05) is 0 Å². The molecule has 0 radical (unpaired) electrons. The highest BCUT2D eigenvalue weighted by Gasteiger charge is 2.01. The lowest BCUT2D eigenvalue weighted by Crippen LogP contribution is -2.17. The molecule has 0 bridgehead atoms. The number of rotatable bonds is 2. The second kappa shape index (κ2) is 4.16. The van der Waals surface area contributed by atoms with E-state index in [4.69, 9.17) is 17.5 Å². The van der Waals surface area contributed by atoms with E-state index in [1.165, 1.54) is 4.57 Å². The number of nitrogens with zero attached hydrogens (tertiary/aromatic N) is 2. The zero-order chi connectivity index (χ0) is 11.5. The molecule has 0 amide bonds. The zero-order valence-electron chi connectivity index (χ0n) is 8.23. The number of nitrogens with one attached hydrogen (secondary N) is 2. The third kappa shape index (κ3) is 1.94. The van der Waals surface area contributed by atoms with E-state index in [9.17, 15) is 4.79 Å². The Labute approximate surface area is 96.0 Å². The zero-order valence-corrected chi connectivity index (χ0v) is 9.04. The maximum Gasteiger partial charge on any atom is 0.342 e. The monoisotopic (exact) mass is 232 g/mol. The van der Waals surface area contributed by atoms with Crippen molar-refractivity contribution < 1.29 is 0 Å². The lowest BCUT2D eigenvalue weighted by Gasteiger charge is -2.00. The molecule has 0 aliphatic rings. The largest absolute Gasteiger partial charge is 0.342 e. The molecule has 2 aromatic rings. The van der Waals surface area contributed by atoms with E-state index in [-0.39, 0.29) is 5.69 Å². The van der Waals surface area contributed by atoms with E-state index in [1.807, 2.05) is 6.07 Å². The Hall–Kier alpha value is -2.13. The molecule has 2 N–H and O–H groups in total. The SMILES string of the molecule is N#Cc1ccc(Cn2c(=O)[nH][nH]c2=S)cc1. The van der Waals surface area contributed by atoms with Gasteiger partial charge >= 0.3 is 5.69 Å². The van der Waals surface area contributed by atoms with Gasteiger partial charge in [-0.05, 0) is 29.9 Å². The fraction of sp³-hybridized carbons (Fsp3) is 0.100. The standard InChI is InChI=1S/C10H8N4OS/c11-5-7-1-3-8(4-2-7)6-14-9(15)12-13-10(14)16/h1-4H,6H2,(H,12,15)(H,13,16). The van der Waals surface area contributed by atoms with Crippen LogP contribution >= 0.6 is 12.2 Å². The maximum absolute atomic E-state index is 11.3. The summed E-state index contributed by atoms with van der Waals surface area (Å²) in [6.45, 7) is 0.392. The Morgan fingerprint density at radius 1 is 1.31 bits per heavy atom. The second-order valence-electron chi connectivity index (χ2n) is 3.26. The second-order valence-corrected chi connectivity index (χ2v) is 3.64. The molecular formula is C10H8N4OS. The summed E-state index contributed by atoms with van der Waals surface area (Å²) in [6.07, 6.45) is 0. The average molecular weight is 232 g/mol. The summed E-state index contributed by atoms with van der Waals surface area (Å²) in [5, 5.41) is 13.6. The van der Waals surface area contributed by atoms with E-state index in [0.717, 1.165) is 5.56 Å². The first-order chi connectivity index (χ1) is 7.70. The normalized spacial score (nSPS) is 9.94. The van der Waals surface area contributed by atoms with Gasteiger partial charge < -0.3 is 0 Å². The van der Waals surface area contributed by atoms with Crippen LogP contribution in [0.5, 0.6) is 0 Å². The van der Waals surface area contributed by atoms with Crippen molar-refractivity contribution in [3.05, 3.63) is 50.6 Å². The van der Waals surface area contributed by atoms with Gasteiger partial charge in [-0.15, -0.1) is 0 Å². The van der Waals surface area contributed by atoms with Crippen molar-refractivity contribution in [2.75, 3.05) is 0 Å². The average Bonchev–Trinajstić information content (AvgIpc) is 2.62. The Balaban J connectivity index is 2.32. The van der Waals surface area contributed by atoms with Gasteiger partial charge in [0.15, 0.2) is 4.77 Å². The van der Waals surface area contributed by atoms with Gasteiger partial charge in [0.25, 0.3) is 0 Å². The van der Waals surface area contributed by atoms with Crippen molar-refractivity contribution in [2.24, 2.45) is 0 Å². The quantitative estimate of drug-likeness (QED) is 0.762. The van der Waals surface area contributed by atoms with Crippen LogP contribution in [0.2, 0.25) is 0 Å². The minimum atomic E-state index is -0.269. The molecule has 0 unspecified atom stereocenters. The first kappa shape index (κ1) is 10.4. The van der Waals surface area contributed by atoms with Crippen LogP contribution in [0, 0.1) is 16.1 Å². The van der Waals surface area contributed by atoms with Crippen LogP contribution in [0.1, 0.15) is 11.1 Å². The molecule has 0 aliphatic heterocycles. The molecule has 1 heterocycles. The van der Waals surface area contributed by atoms with Crippen LogP contribution in [-0.2, 0) is 6.54 Å². The third-order valence-electron chi connectivity index (χ3n) is 2.19. The summed E-state index contributed by atoms with van der Waals surface area (Å²) < 4.78 is 1.77. The van der Waals surface area contributed by atoms with Crippen molar-refractivity contribution >= 4 is 12.2 Å². The van der Waals surface area contributed by atoms with Gasteiger partial charge in [0.05, 0.1) is 18.2 Å². The van der Waals surface area contributed by atoms with Gasteiger partial charge in [0.2, 0.25) is 0 Å². The Morgan fingerprint density at radius 2 is 2.00 bits per heavy atom. The van der Waals surface area contributed by atoms with Crippen molar-refractivity contribution in [1.82, 2.24) is 14.8 Å². The van der Waals surface area contributed by atoms with Gasteiger partial charge in [0.1, 0.15) is 0 Å². The molecule has 0 fully saturated rings. The molecule has 0 spiro atoms. The Bertz CT molecular complexity index is 613. The highest BCUT2D eigenvalue weighted by Crippen LogP contribution is 2.04. The smallest absolute Gasteiger partial charge is 0.272 e. The molecule has 1 aromatic carbocycles. The molecule has 0 atom stereocenters. The number of aromatic nitrogens is 3. The number of aromatic amines is 2. The van der Waals surface area contributed by atoms with Crippen molar-refractivity contribution in [2.45, 2.75) is 6.54 Å². The lowest BCUT2D eigenvalue weighted by atomic mass is 10.1. The summed E-state index contributed by atoms with van der Waals surface area (Å²) in [7, 11) is 0. The fourth-order valence-corrected chi connectivity index (χ4v) is 1.54. The van der Waals surface area contributed by atoms with Crippen LogP contribution in [0.15, 0.2) is 29.1 Å². The molecule has 0 saturated carbocycles. The van der Waals surface area contributed by atoms with Crippen LogP contribution < -0.4 is 5.69 Å². The van der Waals surface area contributed by atoms with Crippen LogP contribution in [0.3, 0.4) is 0 Å². The number of hydrogen-bond acceptors (Lipinski definition) is 3. The minimum absolute atomic E-state index is 0.269. The topological polar surface area (TPSA) is 77.4 Å². The van der Waals surface area contributed by atoms with E-state index in [0.29, 0.717) is 16.9 Å². The lowest BCUT2D eigenvalue weighted by molar-refractivity contribution is 0.751. The third-order valence-corrected chi connectivity index (χ3v) is 2.51. The number of nitriles is 1. The summed E-state index contributed by atoms with van der Waals surface area (Å²) >= 11 is 4.94. The van der Waals surface area contributed by atoms with Gasteiger partial charge in [-0.3, -0.25) is 9.67 Å². The molecule has 0 saturated heterocycles. The van der Waals surface area contributed by atoms with Crippen LogP contribution in [0.25, 0.3) is 0 Å². The first-order valence-corrected chi connectivity index (χ1v) is 4.98. The molecular weight excluding hydrogens is 224 g/mol. The minimum Gasteiger partial charge on any atom is -0.272 e. The summed E-state index contributed by atoms with van der Waals surface area (Å²) in [5.41, 5.74) is 1.24. The van der Waals surface area contributed by atoms with Gasteiger partial charge in [-0.1, -0.05) is 12.1 Å². The highest BCUT2D eigenvalue weighted by molar-refractivity contribution is 7.71. The first-order valence-electron chi connectivity index (χ1n) is 4.57. The Kier molecular flexibility index (Phi) is 2.70. The summed E-state index contributed by atoms with van der Waals surface area (Å²) in [5.74, 6) is 0. The van der Waals surface area contributed by atoms with Crippen molar-refractivity contribution in [3.8, 4) is 6.07 Å². The van der Waals surface area contributed by atoms with Crippen LogP contribution in [0.4, 0.5) is 0 Å². The molecule has 16 heavy (non-hydrogen) atoms. The molecule has 80 valence electrons. The maximum atomic E-state index is 11.3. The van der Waals surface area contributed by atoms with E-state index < -0.39 is 0 Å². The predicted molar refractivity (Wildman–Crippen MR) is 60.5 cm³/mol. The molecule has 0 aliphatic carbocycles. The van der Waals surface area contributed by atoms with Crippen molar-refractivity contribution in [3.63, 3.8) is 0 Å². The number of hydrogen-bond donors (Lipinski definition) is 2. The molecule has 5 nitrogen and oxygen atoms in total. The molecule has 2 rings (SSSR count). The highest BCUT2D eigenvalue weighted by atomic mass is 32.1. The predicted octanol–water partition coefficient (Wildman–Crippen LogP) is 1.15. The van der Waals surface area contributed by atoms with E-state index in [1.54, 1.807) is 24.3 Å². The summed E-state index contributed by atoms with van der Waals surface area (Å²) in [6, 6.07) is 9.05.